The van der Waals surface area contributed by atoms with Gasteiger partial charge in [-0.2, -0.15) is 0 Å². The van der Waals surface area contributed by atoms with Gasteiger partial charge in [0, 0.05) is 19.8 Å². The molecule has 0 bridgehead atoms. The Balaban J connectivity index is 2.15. The van der Waals surface area contributed by atoms with Crippen LogP contribution < -0.4 is 11.1 Å². The van der Waals surface area contributed by atoms with Gasteiger partial charge in [0.05, 0.1) is 11.9 Å². The van der Waals surface area contributed by atoms with Gasteiger partial charge in [-0.05, 0) is 25.5 Å². The molecule has 0 aliphatic heterocycles. The Labute approximate surface area is 84.5 Å². The molecule has 0 spiro atoms. The molecule has 0 aliphatic rings. The van der Waals surface area contributed by atoms with Crippen LogP contribution in [0.4, 0.5) is 11.5 Å². The molecule has 0 saturated carbocycles. The summed E-state index contributed by atoms with van der Waals surface area (Å²) in [6.07, 6.45) is 2.63. The summed E-state index contributed by atoms with van der Waals surface area (Å²) in [5.74, 6) is 0.857. The Bertz CT molecular complexity index is 248. The largest absolute Gasteiger partial charge is 0.397 e. The second kappa shape index (κ2) is 6.21. The summed E-state index contributed by atoms with van der Waals surface area (Å²) in [7, 11) is 0. The number of ether oxygens (including phenoxy) is 1. The van der Waals surface area contributed by atoms with Crippen LogP contribution in [0.2, 0.25) is 0 Å². The molecule has 4 heteroatoms. The van der Waals surface area contributed by atoms with Crippen molar-refractivity contribution in [3.63, 3.8) is 0 Å². The molecule has 1 aromatic rings. The molecule has 0 aliphatic carbocycles. The number of anilines is 2. The lowest BCUT2D eigenvalue weighted by Crippen LogP contribution is -2.06. The molecule has 4 nitrogen and oxygen atoms in total. The van der Waals surface area contributed by atoms with E-state index in [4.69, 9.17) is 10.5 Å². The molecular formula is C10H17N3O. The van der Waals surface area contributed by atoms with E-state index in [9.17, 15) is 0 Å². The first-order valence-electron chi connectivity index (χ1n) is 4.86. The fraction of sp³-hybridized carbons (Fsp3) is 0.500. The van der Waals surface area contributed by atoms with E-state index in [-0.39, 0.29) is 0 Å². The number of pyridine rings is 1. The lowest BCUT2D eigenvalue weighted by atomic mass is 10.4. The van der Waals surface area contributed by atoms with Crippen LogP contribution in [-0.4, -0.2) is 24.7 Å². The standard InChI is InChI=1S/C10H17N3O/c1-2-14-7-3-6-12-10-5-4-9(11)8-13-10/h4-5,8H,2-3,6-7,11H2,1H3,(H,12,13). The van der Waals surface area contributed by atoms with E-state index in [1.165, 1.54) is 0 Å². The van der Waals surface area contributed by atoms with Crippen LogP contribution >= 0.6 is 0 Å². The van der Waals surface area contributed by atoms with Gasteiger partial charge in [-0.15, -0.1) is 0 Å². The fourth-order valence-corrected chi connectivity index (χ4v) is 1.04. The number of rotatable bonds is 6. The van der Waals surface area contributed by atoms with Gasteiger partial charge in [0.2, 0.25) is 0 Å². The summed E-state index contributed by atoms with van der Waals surface area (Å²) >= 11 is 0. The first-order valence-corrected chi connectivity index (χ1v) is 4.86. The van der Waals surface area contributed by atoms with Gasteiger partial charge in [-0.3, -0.25) is 0 Å². The summed E-state index contributed by atoms with van der Waals surface area (Å²) in [5, 5.41) is 3.18. The molecule has 0 amide bonds. The summed E-state index contributed by atoms with van der Waals surface area (Å²) in [6.45, 7) is 4.43. The van der Waals surface area contributed by atoms with Crippen LogP contribution in [0.25, 0.3) is 0 Å². The maximum Gasteiger partial charge on any atom is 0.126 e. The zero-order chi connectivity index (χ0) is 10.2. The SMILES string of the molecule is CCOCCCNc1ccc(N)cn1. The van der Waals surface area contributed by atoms with Crippen molar-refractivity contribution in [2.24, 2.45) is 0 Å². The Morgan fingerprint density at radius 3 is 3.00 bits per heavy atom. The van der Waals surface area contributed by atoms with Crippen LogP contribution in [0.5, 0.6) is 0 Å². The highest BCUT2D eigenvalue weighted by Gasteiger charge is 1.92. The Morgan fingerprint density at radius 2 is 2.36 bits per heavy atom. The lowest BCUT2D eigenvalue weighted by molar-refractivity contribution is 0.147. The predicted molar refractivity (Wildman–Crippen MR) is 58.2 cm³/mol. The van der Waals surface area contributed by atoms with Crippen LogP contribution in [0.15, 0.2) is 18.3 Å². The van der Waals surface area contributed by atoms with E-state index in [2.05, 4.69) is 10.3 Å². The van der Waals surface area contributed by atoms with Gasteiger partial charge in [0.15, 0.2) is 0 Å². The summed E-state index contributed by atoms with van der Waals surface area (Å²) in [6, 6.07) is 3.70. The molecule has 0 radical (unpaired) electrons. The third-order valence-electron chi connectivity index (χ3n) is 1.76. The molecular weight excluding hydrogens is 178 g/mol. The molecule has 3 N–H and O–H groups in total. The Morgan fingerprint density at radius 1 is 1.50 bits per heavy atom. The molecule has 1 aromatic heterocycles. The molecule has 1 heterocycles. The Hall–Kier alpha value is -1.29. The summed E-state index contributed by atoms with van der Waals surface area (Å²) in [4.78, 5) is 4.12. The summed E-state index contributed by atoms with van der Waals surface area (Å²) < 4.78 is 5.21. The molecule has 14 heavy (non-hydrogen) atoms. The van der Waals surface area contributed by atoms with Crippen molar-refractivity contribution >= 4 is 11.5 Å². The van der Waals surface area contributed by atoms with E-state index in [0.29, 0.717) is 5.69 Å². The van der Waals surface area contributed by atoms with Crippen molar-refractivity contribution in [2.75, 3.05) is 30.8 Å². The van der Waals surface area contributed by atoms with Crippen LogP contribution in [0.3, 0.4) is 0 Å². The van der Waals surface area contributed by atoms with Crippen LogP contribution in [0, 0.1) is 0 Å². The molecule has 0 saturated heterocycles. The maximum absolute atomic E-state index is 5.51. The zero-order valence-electron chi connectivity index (χ0n) is 8.49. The van der Waals surface area contributed by atoms with Crippen LogP contribution in [0.1, 0.15) is 13.3 Å². The topological polar surface area (TPSA) is 60.2 Å². The van der Waals surface area contributed by atoms with Crippen molar-refractivity contribution in [1.82, 2.24) is 4.98 Å². The minimum Gasteiger partial charge on any atom is -0.397 e. The van der Waals surface area contributed by atoms with Gasteiger partial charge in [-0.1, -0.05) is 0 Å². The van der Waals surface area contributed by atoms with Crippen molar-refractivity contribution in [2.45, 2.75) is 13.3 Å². The molecule has 78 valence electrons. The number of aromatic nitrogens is 1. The minimum atomic E-state index is 0.685. The lowest BCUT2D eigenvalue weighted by Gasteiger charge is -2.05. The van der Waals surface area contributed by atoms with Crippen molar-refractivity contribution in [3.05, 3.63) is 18.3 Å². The van der Waals surface area contributed by atoms with E-state index < -0.39 is 0 Å². The van der Waals surface area contributed by atoms with E-state index >= 15 is 0 Å². The second-order valence-electron chi connectivity index (χ2n) is 2.95. The zero-order valence-corrected chi connectivity index (χ0v) is 8.49. The number of nitrogens with one attached hydrogen (secondary N) is 1. The molecule has 0 atom stereocenters. The van der Waals surface area contributed by atoms with E-state index in [1.54, 1.807) is 6.20 Å². The van der Waals surface area contributed by atoms with E-state index in [0.717, 1.165) is 32.0 Å². The highest BCUT2D eigenvalue weighted by atomic mass is 16.5. The van der Waals surface area contributed by atoms with Crippen molar-refractivity contribution in [1.29, 1.82) is 0 Å². The molecule has 0 aromatic carbocycles. The van der Waals surface area contributed by atoms with Gasteiger partial charge in [0.1, 0.15) is 5.82 Å². The first kappa shape index (κ1) is 10.8. The number of hydrogen-bond acceptors (Lipinski definition) is 4. The number of hydrogen-bond donors (Lipinski definition) is 2. The van der Waals surface area contributed by atoms with Crippen LogP contribution in [-0.2, 0) is 4.74 Å². The third kappa shape index (κ3) is 4.09. The normalized spacial score (nSPS) is 10.1. The summed E-state index contributed by atoms with van der Waals surface area (Å²) in [5.41, 5.74) is 6.20. The highest BCUT2D eigenvalue weighted by Crippen LogP contribution is 2.05. The van der Waals surface area contributed by atoms with Gasteiger partial charge in [-0.25, -0.2) is 4.98 Å². The third-order valence-corrected chi connectivity index (χ3v) is 1.76. The van der Waals surface area contributed by atoms with Gasteiger partial charge in [0.25, 0.3) is 0 Å². The minimum absolute atomic E-state index is 0.685. The first-order chi connectivity index (χ1) is 6.83. The molecule has 0 unspecified atom stereocenters. The Kier molecular flexibility index (Phi) is 4.78. The highest BCUT2D eigenvalue weighted by molar-refractivity contribution is 5.43. The number of nitrogen functional groups attached to an aromatic ring is 1. The molecule has 1 rings (SSSR count). The predicted octanol–water partition coefficient (Wildman–Crippen LogP) is 1.50. The van der Waals surface area contributed by atoms with E-state index in [1.807, 2.05) is 19.1 Å². The maximum atomic E-state index is 5.51. The quantitative estimate of drug-likeness (QED) is 0.675. The van der Waals surface area contributed by atoms with Gasteiger partial charge >= 0.3 is 0 Å². The average molecular weight is 195 g/mol. The van der Waals surface area contributed by atoms with Crippen molar-refractivity contribution < 1.29 is 4.74 Å². The van der Waals surface area contributed by atoms with Crippen molar-refractivity contribution in [3.8, 4) is 0 Å². The number of nitrogens with zero attached hydrogens (tertiary/aromatic N) is 1. The smallest absolute Gasteiger partial charge is 0.126 e. The van der Waals surface area contributed by atoms with Gasteiger partial charge < -0.3 is 15.8 Å². The number of nitrogens with two attached hydrogens (primary N) is 1. The molecule has 0 fully saturated rings. The second-order valence-corrected chi connectivity index (χ2v) is 2.95. The fourth-order valence-electron chi connectivity index (χ4n) is 1.04. The monoisotopic (exact) mass is 195 g/mol. The average Bonchev–Trinajstić information content (AvgIpc) is 2.21.